The summed E-state index contributed by atoms with van der Waals surface area (Å²) in [5.41, 5.74) is 6.35. The number of H-pyrrole nitrogens is 1. The van der Waals surface area contributed by atoms with E-state index < -0.39 is 5.82 Å². The predicted octanol–water partition coefficient (Wildman–Crippen LogP) is 2.31. The molecule has 3 N–H and O–H groups in total. The van der Waals surface area contributed by atoms with Crippen LogP contribution in [0.15, 0.2) is 47.3 Å². The summed E-state index contributed by atoms with van der Waals surface area (Å²) in [5.74, 6) is -0.505. The van der Waals surface area contributed by atoms with Gasteiger partial charge in [-0.05, 0) is 18.2 Å². The number of nitrogens with one attached hydrogen (secondary N) is 1. The van der Waals surface area contributed by atoms with Gasteiger partial charge in [0, 0.05) is 10.9 Å². The number of benzene rings is 2. The van der Waals surface area contributed by atoms with Gasteiger partial charge in [0.2, 0.25) is 0 Å². The molecule has 2 aromatic carbocycles. The zero-order valence-corrected chi connectivity index (χ0v) is 9.85. The second-order valence-corrected chi connectivity index (χ2v) is 4.18. The molecular formula is C14H10FN3O. The summed E-state index contributed by atoms with van der Waals surface area (Å²) in [7, 11) is 0. The van der Waals surface area contributed by atoms with Crippen LogP contribution in [0.5, 0.6) is 0 Å². The molecule has 0 amide bonds. The SMILES string of the molecule is Nc1ccc(-c2n[nH]c(=O)c3ccccc23)cc1F. The number of fused-ring (bicyclic) bond motifs is 1. The van der Waals surface area contributed by atoms with E-state index >= 15 is 0 Å². The lowest BCUT2D eigenvalue weighted by molar-refractivity contribution is 0.633. The molecule has 0 aliphatic heterocycles. The summed E-state index contributed by atoms with van der Waals surface area (Å²) in [4.78, 5) is 11.7. The van der Waals surface area contributed by atoms with E-state index in [0.29, 0.717) is 22.0 Å². The number of nitrogens with two attached hydrogens (primary N) is 1. The van der Waals surface area contributed by atoms with Crippen LogP contribution in [-0.2, 0) is 0 Å². The van der Waals surface area contributed by atoms with Crippen molar-refractivity contribution in [2.24, 2.45) is 0 Å². The smallest absolute Gasteiger partial charge is 0.272 e. The molecule has 0 saturated carbocycles. The molecule has 4 nitrogen and oxygen atoms in total. The van der Waals surface area contributed by atoms with E-state index in [0.717, 1.165) is 0 Å². The first-order chi connectivity index (χ1) is 9.16. The highest BCUT2D eigenvalue weighted by Gasteiger charge is 2.09. The Kier molecular flexibility index (Phi) is 2.52. The molecule has 0 spiro atoms. The Balaban J connectivity index is 2.34. The van der Waals surface area contributed by atoms with Crippen LogP contribution in [0.1, 0.15) is 0 Å². The van der Waals surface area contributed by atoms with E-state index in [2.05, 4.69) is 10.2 Å². The Morgan fingerprint density at radius 2 is 1.84 bits per heavy atom. The van der Waals surface area contributed by atoms with Gasteiger partial charge in [0.1, 0.15) is 5.82 Å². The van der Waals surface area contributed by atoms with Crippen LogP contribution in [0.4, 0.5) is 10.1 Å². The quantitative estimate of drug-likeness (QED) is 0.655. The highest BCUT2D eigenvalue weighted by Crippen LogP contribution is 2.26. The number of rotatable bonds is 1. The predicted molar refractivity (Wildman–Crippen MR) is 72.2 cm³/mol. The first-order valence-electron chi connectivity index (χ1n) is 5.69. The zero-order valence-electron chi connectivity index (χ0n) is 9.85. The van der Waals surface area contributed by atoms with E-state index in [1.54, 1.807) is 30.3 Å². The summed E-state index contributed by atoms with van der Waals surface area (Å²) in [6.45, 7) is 0. The van der Waals surface area contributed by atoms with Crippen molar-refractivity contribution in [3.63, 3.8) is 0 Å². The second-order valence-electron chi connectivity index (χ2n) is 4.18. The Hall–Kier alpha value is -2.69. The van der Waals surface area contributed by atoms with Gasteiger partial charge in [-0.2, -0.15) is 5.10 Å². The highest BCUT2D eigenvalue weighted by molar-refractivity contribution is 5.93. The molecule has 1 aromatic heterocycles. The van der Waals surface area contributed by atoms with Gasteiger partial charge in [0.25, 0.3) is 5.56 Å². The zero-order chi connectivity index (χ0) is 13.4. The summed E-state index contributed by atoms with van der Waals surface area (Å²) in [6.07, 6.45) is 0. The van der Waals surface area contributed by atoms with Crippen molar-refractivity contribution in [1.82, 2.24) is 10.2 Å². The number of nitrogens with zero attached hydrogens (tertiary/aromatic N) is 1. The minimum atomic E-state index is -0.505. The Morgan fingerprint density at radius 1 is 1.11 bits per heavy atom. The summed E-state index contributed by atoms with van der Waals surface area (Å²) in [5, 5.41) is 7.61. The maximum absolute atomic E-state index is 13.5. The molecule has 0 radical (unpaired) electrons. The lowest BCUT2D eigenvalue weighted by atomic mass is 10.0. The van der Waals surface area contributed by atoms with Crippen molar-refractivity contribution < 1.29 is 4.39 Å². The fourth-order valence-corrected chi connectivity index (χ4v) is 2.01. The minimum Gasteiger partial charge on any atom is -0.396 e. The Bertz CT molecular complexity index is 826. The van der Waals surface area contributed by atoms with Gasteiger partial charge in [0.05, 0.1) is 16.8 Å². The van der Waals surface area contributed by atoms with Gasteiger partial charge in [-0.15, -0.1) is 0 Å². The number of nitrogen functional groups attached to an aromatic ring is 1. The number of hydrogen-bond donors (Lipinski definition) is 2. The molecule has 5 heteroatoms. The lowest BCUT2D eigenvalue weighted by Crippen LogP contribution is -2.09. The molecule has 0 fully saturated rings. The fourth-order valence-electron chi connectivity index (χ4n) is 2.01. The van der Waals surface area contributed by atoms with Crippen molar-refractivity contribution in [3.05, 3.63) is 58.6 Å². The van der Waals surface area contributed by atoms with Crippen LogP contribution in [0.3, 0.4) is 0 Å². The van der Waals surface area contributed by atoms with Crippen molar-refractivity contribution in [2.75, 3.05) is 5.73 Å². The third-order valence-corrected chi connectivity index (χ3v) is 2.97. The van der Waals surface area contributed by atoms with Crippen LogP contribution < -0.4 is 11.3 Å². The first-order valence-corrected chi connectivity index (χ1v) is 5.69. The van der Waals surface area contributed by atoms with Crippen molar-refractivity contribution in [3.8, 4) is 11.3 Å². The number of anilines is 1. The normalized spacial score (nSPS) is 10.8. The van der Waals surface area contributed by atoms with E-state index in [9.17, 15) is 9.18 Å². The van der Waals surface area contributed by atoms with Gasteiger partial charge in [-0.3, -0.25) is 4.79 Å². The molecule has 3 rings (SSSR count). The van der Waals surface area contributed by atoms with Gasteiger partial charge in [-0.1, -0.05) is 24.3 Å². The molecule has 0 bridgehead atoms. The van der Waals surface area contributed by atoms with Gasteiger partial charge < -0.3 is 5.73 Å². The number of aromatic amines is 1. The molecule has 0 atom stereocenters. The van der Waals surface area contributed by atoms with Crippen LogP contribution >= 0.6 is 0 Å². The van der Waals surface area contributed by atoms with Crippen molar-refractivity contribution in [2.45, 2.75) is 0 Å². The average Bonchev–Trinajstić information content (AvgIpc) is 2.43. The topological polar surface area (TPSA) is 71.8 Å². The van der Waals surface area contributed by atoms with Gasteiger partial charge in [0.15, 0.2) is 0 Å². The molecule has 0 aliphatic rings. The Morgan fingerprint density at radius 3 is 2.58 bits per heavy atom. The molecule has 1 heterocycles. The summed E-state index contributed by atoms with van der Waals surface area (Å²) >= 11 is 0. The van der Waals surface area contributed by atoms with E-state index in [1.807, 2.05) is 0 Å². The fraction of sp³-hybridized carbons (Fsp3) is 0. The first kappa shape index (κ1) is 11.4. The second kappa shape index (κ2) is 4.20. The van der Waals surface area contributed by atoms with E-state index in [4.69, 9.17) is 5.73 Å². The maximum Gasteiger partial charge on any atom is 0.272 e. The molecule has 0 unspecified atom stereocenters. The minimum absolute atomic E-state index is 0.0810. The van der Waals surface area contributed by atoms with Crippen molar-refractivity contribution >= 4 is 16.5 Å². The molecule has 19 heavy (non-hydrogen) atoms. The third kappa shape index (κ3) is 1.85. The number of aromatic nitrogens is 2. The van der Waals surface area contributed by atoms with Crippen molar-refractivity contribution in [1.29, 1.82) is 0 Å². The van der Waals surface area contributed by atoms with Crippen LogP contribution in [0.25, 0.3) is 22.0 Å². The monoisotopic (exact) mass is 255 g/mol. The molecule has 94 valence electrons. The van der Waals surface area contributed by atoms with E-state index in [-0.39, 0.29) is 11.2 Å². The van der Waals surface area contributed by atoms with Gasteiger partial charge >= 0.3 is 0 Å². The lowest BCUT2D eigenvalue weighted by Gasteiger charge is -2.06. The van der Waals surface area contributed by atoms with E-state index in [1.165, 1.54) is 12.1 Å². The molecule has 0 saturated heterocycles. The standard InChI is InChI=1S/C14H10FN3O/c15-11-7-8(5-6-12(11)16)13-9-3-1-2-4-10(9)14(19)18-17-13/h1-7H,16H2,(H,18,19). The van der Waals surface area contributed by atoms with Crippen LogP contribution in [0, 0.1) is 5.82 Å². The summed E-state index contributed by atoms with van der Waals surface area (Å²) < 4.78 is 13.5. The molecular weight excluding hydrogens is 245 g/mol. The largest absolute Gasteiger partial charge is 0.396 e. The number of hydrogen-bond acceptors (Lipinski definition) is 3. The average molecular weight is 255 g/mol. The number of halogens is 1. The van der Waals surface area contributed by atoms with Crippen LogP contribution in [-0.4, -0.2) is 10.2 Å². The molecule has 0 aliphatic carbocycles. The Labute approximate surface area is 107 Å². The highest BCUT2D eigenvalue weighted by atomic mass is 19.1. The van der Waals surface area contributed by atoms with Gasteiger partial charge in [-0.25, -0.2) is 9.49 Å². The third-order valence-electron chi connectivity index (χ3n) is 2.97. The molecule has 3 aromatic rings. The van der Waals surface area contributed by atoms with Crippen LogP contribution in [0.2, 0.25) is 0 Å². The maximum atomic E-state index is 13.5. The summed E-state index contributed by atoms with van der Waals surface area (Å²) in [6, 6.07) is 11.5.